The number of carbonyl (C=O) groups is 1. The van der Waals surface area contributed by atoms with Crippen LogP contribution in [0.5, 0.6) is 11.5 Å². The molecule has 2 aromatic rings. The molecule has 2 aromatic carbocycles. The van der Waals surface area contributed by atoms with Crippen LogP contribution in [-0.2, 0) is 6.54 Å². The lowest BCUT2D eigenvalue weighted by molar-refractivity contribution is -0.385. The summed E-state index contributed by atoms with van der Waals surface area (Å²) in [5.74, 6) is -0.0283. The minimum Gasteiger partial charge on any atom is -0.504 e. The van der Waals surface area contributed by atoms with E-state index in [0.29, 0.717) is 17.9 Å². The first kappa shape index (κ1) is 17.3. The Hall–Kier alpha value is -3.09. The van der Waals surface area contributed by atoms with Gasteiger partial charge >= 0.3 is 0 Å². The van der Waals surface area contributed by atoms with Gasteiger partial charge in [-0.05, 0) is 37.6 Å². The van der Waals surface area contributed by atoms with Crippen LogP contribution in [0.25, 0.3) is 0 Å². The highest BCUT2D eigenvalue weighted by atomic mass is 16.6. The van der Waals surface area contributed by atoms with E-state index in [-0.39, 0.29) is 23.5 Å². The van der Waals surface area contributed by atoms with Gasteiger partial charge in [0.1, 0.15) is 0 Å². The Bertz CT molecular complexity index is 774. The number of ether oxygens (including phenoxy) is 1. The van der Waals surface area contributed by atoms with E-state index in [1.54, 1.807) is 32.0 Å². The topological polar surface area (TPSA) is 102 Å². The number of rotatable bonds is 6. The van der Waals surface area contributed by atoms with Crippen LogP contribution in [0.3, 0.4) is 0 Å². The van der Waals surface area contributed by atoms with Crippen LogP contribution < -0.4 is 10.1 Å². The average molecular weight is 330 g/mol. The fraction of sp³-hybridized carbons (Fsp3) is 0.235. The van der Waals surface area contributed by atoms with Crippen molar-refractivity contribution in [2.24, 2.45) is 0 Å². The molecule has 0 radical (unpaired) electrons. The van der Waals surface area contributed by atoms with Crippen molar-refractivity contribution in [3.63, 3.8) is 0 Å². The molecule has 0 heterocycles. The number of amides is 1. The number of nitro benzene ring substituents is 1. The molecule has 0 aliphatic rings. The largest absolute Gasteiger partial charge is 0.504 e. The molecule has 7 nitrogen and oxygen atoms in total. The van der Waals surface area contributed by atoms with Crippen LogP contribution in [-0.4, -0.2) is 22.5 Å². The molecule has 0 aromatic heterocycles. The summed E-state index contributed by atoms with van der Waals surface area (Å²) in [7, 11) is 0. The molecular weight excluding hydrogens is 312 g/mol. The van der Waals surface area contributed by atoms with Crippen LogP contribution >= 0.6 is 0 Å². The molecule has 0 saturated carbocycles. The average Bonchev–Trinajstić information content (AvgIpc) is 2.55. The predicted octanol–water partition coefficient (Wildman–Crippen LogP) is 2.94. The third-order valence-corrected chi connectivity index (χ3v) is 3.52. The molecule has 24 heavy (non-hydrogen) atoms. The summed E-state index contributed by atoms with van der Waals surface area (Å²) in [5.41, 5.74) is 1.23. The Labute approximate surface area is 139 Å². The summed E-state index contributed by atoms with van der Waals surface area (Å²) >= 11 is 0. The number of phenolic OH excluding ortho intramolecular Hbond substituents is 1. The first-order valence-electron chi connectivity index (χ1n) is 7.41. The molecule has 0 aliphatic carbocycles. The highest BCUT2D eigenvalue weighted by molar-refractivity contribution is 5.96. The standard InChI is InChI=1S/C17H18N2O5/c1-3-24-16-9-12(7-8-15(16)20)10-18-17(21)13-5-4-6-14(11(13)2)19(22)23/h4-9,20H,3,10H2,1-2H3,(H,18,21). The molecule has 0 bridgehead atoms. The summed E-state index contributed by atoms with van der Waals surface area (Å²) in [6, 6.07) is 9.18. The fourth-order valence-electron chi connectivity index (χ4n) is 2.28. The minimum absolute atomic E-state index is 0.0291. The molecule has 2 N–H and O–H groups in total. The first-order valence-corrected chi connectivity index (χ1v) is 7.41. The van der Waals surface area contributed by atoms with Gasteiger partial charge in [0.2, 0.25) is 0 Å². The molecule has 0 saturated heterocycles. The maximum absolute atomic E-state index is 12.3. The van der Waals surface area contributed by atoms with Gasteiger partial charge in [-0.25, -0.2) is 0 Å². The molecule has 0 fully saturated rings. The molecule has 1 amide bonds. The zero-order chi connectivity index (χ0) is 17.7. The third kappa shape index (κ3) is 3.81. The number of hydrogen-bond donors (Lipinski definition) is 2. The Balaban J connectivity index is 2.13. The van der Waals surface area contributed by atoms with Crippen molar-refractivity contribution >= 4 is 11.6 Å². The fourth-order valence-corrected chi connectivity index (χ4v) is 2.28. The van der Waals surface area contributed by atoms with Crippen LogP contribution in [0.4, 0.5) is 5.69 Å². The predicted molar refractivity (Wildman–Crippen MR) is 88.3 cm³/mol. The van der Waals surface area contributed by atoms with Crippen molar-refractivity contribution in [1.29, 1.82) is 0 Å². The van der Waals surface area contributed by atoms with E-state index in [9.17, 15) is 20.0 Å². The molecule has 2 rings (SSSR count). The van der Waals surface area contributed by atoms with Crippen LogP contribution in [0.2, 0.25) is 0 Å². The van der Waals surface area contributed by atoms with E-state index in [4.69, 9.17) is 4.74 Å². The second-order valence-electron chi connectivity index (χ2n) is 5.12. The molecule has 0 spiro atoms. The zero-order valence-electron chi connectivity index (χ0n) is 13.4. The molecule has 0 aliphatic heterocycles. The van der Waals surface area contributed by atoms with E-state index in [0.717, 1.165) is 5.56 Å². The van der Waals surface area contributed by atoms with Crippen molar-refractivity contribution in [2.45, 2.75) is 20.4 Å². The Morgan fingerprint density at radius 1 is 1.33 bits per heavy atom. The quantitative estimate of drug-likeness (QED) is 0.626. The molecule has 0 unspecified atom stereocenters. The summed E-state index contributed by atoms with van der Waals surface area (Å²) in [5, 5.41) is 23.3. The second kappa shape index (κ2) is 7.45. The Morgan fingerprint density at radius 2 is 2.08 bits per heavy atom. The number of nitro groups is 1. The van der Waals surface area contributed by atoms with Crippen molar-refractivity contribution in [2.75, 3.05) is 6.61 Å². The maximum atomic E-state index is 12.3. The second-order valence-corrected chi connectivity index (χ2v) is 5.12. The number of benzene rings is 2. The molecular formula is C17H18N2O5. The Kier molecular flexibility index (Phi) is 5.36. The van der Waals surface area contributed by atoms with E-state index in [1.807, 2.05) is 0 Å². The minimum atomic E-state index is -0.513. The van der Waals surface area contributed by atoms with Gasteiger partial charge in [-0.1, -0.05) is 12.1 Å². The van der Waals surface area contributed by atoms with Crippen molar-refractivity contribution < 1.29 is 19.6 Å². The normalized spacial score (nSPS) is 10.2. The van der Waals surface area contributed by atoms with Crippen LogP contribution in [0.1, 0.15) is 28.4 Å². The highest BCUT2D eigenvalue weighted by Gasteiger charge is 2.17. The van der Waals surface area contributed by atoms with E-state index in [1.165, 1.54) is 18.2 Å². The van der Waals surface area contributed by atoms with Gasteiger partial charge in [-0.2, -0.15) is 0 Å². The first-order chi connectivity index (χ1) is 11.4. The number of aromatic hydroxyl groups is 1. The third-order valence-electron chi connectivity index (χ3n) is 3.52. The van der Waals surface area contributed by atoms with Gasteiger partial charge < -0.3 is 15.2 Å². The zero-order valence-corrected chi connectivity index (χ0v) is 13.4. The number of nitrogens with zero attached hydrogens (tertiary/aromatic N) is 1. The molecule has 7 heteroatoms. The smallest absolute Gasteiger partial charge is 0.273 e. The lowest BCUT2D eigenvalue weighted by atomic mass is 10.1. The van der Waals surface area contributed by atoms with Crippen molar-refractivity contribution in [3.05, 3.63) is 63.2 Å². The van der Waals surface area contributed by atoms with E-state index >= 15 is 0 Å². The number of phenols is 1. The van der Waals surface area contributed by atoms with Crippen LogP contribution in [0, 0.1) is 17.0 Å². The van der Waals surface area contributed by atoms with Gasteiger partial charge in [0, 0.05) is 23.7 Å². The maximum Gasteiger partial charge on any atom is 0.273 e. The van der Waals surface area contributed by atoms with E-state index < -0.39 is 10.8 Å². The van der Waals surface area contributed by atoms with Gasteiger partial charge in [-0.15, -0.1) is 0 Å². The number of nitrogens with one attached hydrogen (secondary N) is 1. The van der Waals surface area contributed by atoms with Crippen molar-refractivity contribution in [1.82, 2.24) is 5.32 Å². The Morgan fingerprint density at radius 3 is 2.75 bits per heavy atom. The van der Waals surface area contributed by atoms with Crippen LogP contribution in [0.15, 0.2) is 36.4 Å². The molecule has 0 atom stereocenters. The van der Waals surface area contributed by atoms with Gasteiger partial charge in [0.05, 0.1) is 11.5 Å². The number of hydrogen-bond acceptors (Lipinski definition) is 5. The monoisotopic (exact) mass is 330 g/mol. The number of carbonyl (C=O) groups excluding carboxylic acids is 1. The summed E-state index contributed by atoms with van der Waals surface area (Å²) in [6.45, 7) is 3.97. The van der Waals surface area contributed by atoms with Gasteiger partial charge in [0.15, 0.2) is 11.5 Å². The SMILES string of the molecule is CCOc1cc(CNC(=O)c2cccc([N+](=O)[O-])c2C)ccc1O. The summed E-state index contributed by atoms with van der Waals surface area (Å²) in [4.78, 5) is 22.7. The highest BCUT2D eigenvalue weighted by Crippen LogP contribution is 2.27. The van der Waals surface area contributed by atoms with Gasteiger partial charge in [0.25, 0.3) is 11.6 Å². The lowest BCUT2D eigenvalue weighted by Gasteiger charge is -2.10. The molecule has 126 valence electrons. The van der Waals surface area contributed by atoms with Gasteiger partial charge in [-0.3, -0.25) is 14.9 Å². The van der Waals surface area contributed by atoms with E-state index in [2.05, 4.69) is 5.32 Å². The van der Waals surface area contributed by atoms with Crippen molar-refractivity contribution in [3.8, 4) is 11.5 Å². The lowest BCUT2D eigenvalue weighted by Crippen LogP contribution is -2.23. The summed E-state index contributed by atoms with van der Waals surface area (Å²) < 4.78 is 5.29. The summed E-state index contributed by atoms with van der Waals surface area (Å²) in [6.07, 6.45) is 0.